The Bertz CT molecular complexity index is 1220. The van der Waals surface area contributed by atoms with Gasteiger partial charge in [0.15, 0.2) is 0 Å². The van der Waals surface area contributed by atoms with E-state index < -0.39 is 21.4 Å². The van der Waals surface area contributed by atoms with E-state index in [1.165, 1.54) is 0 Å². The molecule has 7 nitrogen and oxygen atoms in total. The molecule has 2 aromatic heterocycles. The van der Waals surface area contributed by atoms with Crippen LogP contribution in [0.5, 0.6) is 5.75 Å². The van der Waals surface area contributed by atoms with Crippen LogP contribution in [0.1, 0.15) is 36.1 Å². The zero-order valence-corrected chi connectivity index (χ0v) is 20.3. The van der Waals surface area contributed by atoms with Crippen LogP contribution in [0, 0.1) is 5.92 Å². The molecule has 0 saturated carbocycles. The Morgan fingerprint density at radius 1 is 1.11 bits per heavy atom. The molecule has 0 aliphatic carbocycles. The molecule has 3 aliphatic heterocycles. The summed E-state index contributed by atoms with van der Waals surface area (Å²) in [5.41, 5.74) is 2.40. The third-order valence-electron chi connectivity index (χ3n) is 7.01. The third-order valence-corrected chi connectivity index (χ3v) is 8.43. The van der Waals surface area contributed by atoms with Crippen molar-refractivity contribution in [3.63, 3.8) is 0 Å². The largest absolute Gasteiger partial charge is 0.488 e. The molecule has 1 fully saturated rings. The number of ether oxygens (including phenoxy) is 1. The van der Waals surface area contributed by atoms with Crippen molar-refractivity contribution in [2.45, 2.75) is 38.0 Å². The normalized spacial score (nSPS) is 23.4. The molecule has 0 spiro atoms. The predicted octanol–water partition coefficient (Wildman–Crippen LogP) is 3.46. The molecule has 5 rings (SSSR count). The highest BCUT2D eigenvalue weighted by atomic mass is 32.2. The molecule has 11 heteroatoms. The van der Waals surface area contributed by atoms with Crippen LogP contribution in [0.15, 0.2) is 30.7 Å². The molecule has 5 heterocycles. The van der Waals surface area contributed by atoms with Gasteiger partial charge in [-0.05, 0) is 42.7 Å². The Morgan fingerprint density at radius 3 is 2.43 bits per heavy atom. The van der Waals surface area contributed by atoms with Gasteiger partial charge in [0.05, 0.1) is 17.5 Å². The quantitative estimate of drug-likeness (QED) is 0.591. The fourth-order valence-corrected chi connectivity index (χ4v) is 5.81. The van der Waals surface area contributed by atoms with Crippen molar-refractivity contribution >= 4 is 27.1 Å². The smallest absolute Gasteiger partial charge is 0.419 e. The van der Waals surface area contributed by atoms with E-state index in [1.54, 1.807) is 12.5 Å². The molecule has 35 heavy (non-hydrogen) atoms. The molecular weight excluding hydrogens is 479 g/mol. The average molecular weight is 508 g/mol. The van der Waals surface area contributed by atoms with Gasteiger partial charge < -0.3 is 9.64 Å². The summed E-state index contributed by atoms with van der Waals surface area (Å²) in [5.74, 6) is 5.26. The van der Waals surface area contributed by atoms with Crippen molar-refractivity contribution in [3.05, 3.63) is 47.6 Å². The lowest BCUT2D eigenvalue weighted by Gasteiger charge is -2.34. The number of pyridine rings is 1. The van der Waals surface area contributed by atoms with E-state index in [2.05, 4.69) is 33.0 Å². The number of halogens is 3. The lowest BCUT2D eigenvalue weighted by Crippen LogP contribution is -2.40. The predicted molar refractivity (Wildman–Crippen MR) is 130 cm³/mol. The molecule has 0 bridgehead atoms. The van der Waals surface area contributed by atoms with Gasteiger partial charge in [-0.15, -0.1) is 0 Å². The number of hydrogen-bond donors (Lipinski definition) is 0. The van der Waals surface area contributed by atoms with Crippen molar-refractivity contribution in [1.29, 1.82) is 0 Å². The van der Waals surface area contributed by atoms with Crippen molar-refractivity contribution in [2.75, 3.05) is 37.3 Å². The fourth-order valence-electron chi connectivity index (χ4n) is 4.95. The van der Waals surface area contributed by atoms with E-state index in [9.17, 15) is 17.4 Å². The topological polar surface area (TPSA) is 71.5 Å². The highest BCUT2D eigenvalue weighted by Crippen LogP contribution is 2.37. The monoisotopic (exact) mass is 507 g/mol. The minimum Gasteiger partial charge on any atom is -0.488 e. The molecule has 0 amide bonds. The molecule has 2 atom stereocenters. The summed E-state index contributed by atoms with van der Waals surface area (Å²) in [6.45, 7) is 2.65. The first-order valence-corrected chi connectivity index (χ1v) is 13.7. The van der Waals surface area contributed by atoms with Crippen LogP contribution in [0.2, 0.25) is 0 Å². The van der Waals surface area contributed by atoms with Crippen molar-refractivity contribution < 1.29 is 22.1 Å². The fraction of sp³-hybridized carbons (Fsp3) is 0.500. The summed E-state index contributed by atoms with van der Waals surface area (Å²) in [6, 6.07) is 2.11. The zero-order valence-electron chi connectivity index (χ0n) is 19.5. The van der Waals surface area contributed by atoms with E-state index in [-0.39, 0.29) is 6.10 Å². The Kier molecular flexibility index (Phi) is 6.25. The first kappa shape index (κ1) is 24.1. The Balaban J connectivity index is 1.18. The number of nitrogens with zero attached hydrogens (tertiary/aromatic N) is 5. The molecule has 0 N–H and O–H groups in total. The molecular formula is C24H28F3N5O2S. The van der Waals surface area contributed by atoms with Gasteiger partial charge in [0.2, 0.25) is 5.95 Å². The Morgan fingerprint density at radius 2 is 1.83 bits per heavy atom. The summed E-state index contributed by atoms with van der Waals surface area (Å²) >= 11 is 0. The maximum Gasteiger partial charge on any atom is 0.419 e. The van der Waals surface area contributed by atoms with Crippen molar-refractivity contribution in [2.24, 2.45) is 5.92 Å². The van der Waals surface area contributed by atoms with Crippen LogP contribution in [0.3, 0.4) is 0 Å². The maximum absolute atomic E-state index is 12.8. The van der Waals surface area contributed by atoms with Gasteiger partial charge in [-0.2, -0.15) is 13.2 Å². The van der Waals surface area contributed by atoms with Crippen molar-refractivity contribution in [1.82, 2.24) is 19.3 Å². The zero-order chi connectivity index (χ0) is 24.8. The van der Waals surface area contributed by atoms with E-state index in [4.69, 9.17) is 4.74 Å². The summed E-state index contributed by atoms with van der Waals surface area (Å²) in [7, 11) is -2.20. The van der Waals surface area contributed by atoms with Gasteiger partial charge in [-0.3, -0.25) is 9.19 Å². The van der Waals surface area contributed by atoms with Gasteiger partial charge in [0.1, 0.15) is 11.9 Å². The van der Waals surface area contributed by atoms with Crippen LogP contribution in [-0.2, 0) is 22.3 Å². The molecule has 1 saturated heterocycles. The Hall–Kier alpha value is -2.66. The number of alkyl halides is 3. The minimum absolute atomic E-state index is 0.0597. The third kappa shape index (κ3) is 5.16. The van der Waals surface area contributed by atoms with Gasteiger partial charge in [0.25, 0.3) is 0 Å². The highest BCUT2D eigenvalue weighted by Gasteiger charge is 2.35. The van der Waals surface area contributed by atoms with E-state index in [1.807, 2.05) is 9.21 Å². The number of aromatic nitrogens is 3. The number of hydrogen-bond acceptors (Lipinski definition) is 6. The lowest BCUT2D eigenvalue weighted by atomic mass is 9.89. The molecule has 188 valence electrons. The summed E-state index contributed by atoms with van der Waals surface area (Å²) in [6.07, 6.45) is 6.15. The molecule has 3 aliphatic rings. The summed E-state index contributed by atoms with van der Waals surface area (Å²) < 4.78 is 58.6. The van der Waals surface area contributed by atoms with Crippen LogP contribution >= 0.6 is 0 Å². The number of rotatable bonds is 4. The van der Waals surface area contributed by atoms with E-state index in [0.29, 0.717) is 38.0 Å². The summed E-state index contributed by atoms with van der Waals surface area (Å²) in [5, 5.41) is 0. The highest BCUT2D eigenvalue weighted by molar-refractivity contribution is 7.97. The average Bonchev–Trinajstić information content (AvgIpc) is 3.27. The number of fused-ring (bicyclic) bond motifs is 1. The second kappa shape index (κ2) is 9.09. The molecule has 0 radical (unpaired) electrons. The second-order valence-electron chi connectivity index (χ2n) is 9.46. The van der Waals surface area contributed by atoms with Crippen LogP contribution in [0.25, 0.3) is 5.57 Å². The van der Waals surface area contributed by atoms with Crippen LogP contribution in [-0.4, -0.2) is 67.9 Å². The number of piperidine rings is 1. The van der Waals surface area contributed by atoms with Crippen LogP contribution < -0.4 is 9.64 Å². The van der Waals surface area contributed by atoms with Gasteiger partial charge in [-0.25, -0.2) is 14.3 Å². The van der Waals surface area contributed by atoms with Crippen molar-refractivity contribution in [3.8, 4) is 5.75 Å². The van der Waals surface area contributed by atoms with Crippen LogP contribution in [0.4, 0.5) is 19.1 Å². The SMILES string of the molecule is C=S(C)(=O)N1CC=C(c2cc3c(cn2)O[C@@H](C2CCN(c4ncc(C(F)(F)F)cn4)CC2)C3)CC1. The molecule has 2 aromatic rings. The maximum atomic E-state index is 12.8. The second-order valence-corrected chi connectivity index (χ2v) is 11.9. The standard InChI is InChI=1S/C24H28F3N5O2S/c1-35(2,33)32-9-5-16(6-10-32)20-11-18-12-21(34-22(18)15-28-20)17-3-7-31(8-4-17)23-29-13-19(14-30-23)24(25,26)27/h5,11,13-15,17,21H,1,3-4,6-10,12H2,2H3/t21-,35?/m1/s1. The first-order valence-electron chi connectivity index (χ1n) is 11.6. The number of anilines is 1. The summed E-state index contributed by atoms with van der Waals surface area (Å²) in [4.78, 5) is 14.4. The Labute approximate surface area is 203 Å². The minimum atomic E-state index is -4.44. The van der Waals surface area contributed by atoms with Gasteiger partial charge in [-0.1, -0.05) is 6.08 Å². The molecule has 0 aromatic carbocycles. The molecule has 1 unspecified atom stereocenters. The first-order chi connectivity index (χ1) is 16.6. The van der Waals surface area contributed by atoms with Gasteiger partial charge >= 0.3 is 6.18 Å². The van der Waals surface area contributed by atoms with Gasteiger partial charge in [0, 0.05) is 66.5 Å². The van der Waals surface area contributed by atoms with E-state index in [0.717, 1.165) is 60.7 Å². The van der Waals surface area contributed by atoms with E-state index >= 15 is 0 Å². The lowest BCUT2D eigenvalue weighted by molar-refractivity contribution is -0.138.